The molecule has 94 valence electrons. The summed E-state index contributed by atoms with van der Waals surface area (Å²) in [6.07, 6.45) is 1.12. The topological polar surface area (TPSA) is 64.3 Å². The summed E-state index contributed by atoms with van der Waals surface area (Å²) < 4.78 is 5.56. The van der Waals surface area contributed by atoms with Gasteiger partial charge in [0.05, 0.1) is 6.61 Å². The van der Waals surface area contributed by atoms with Crippen LogP contribution in [0.5, 0.6) is 5.75 Å². The van der Waals surface area contributed by atoms with Crippen LogP contribution < -0.4 is 15.8 Å². The van der Waals surface area contributed by atoms with Gasteiger partial charge >= 0.3 is 0 Å². The van der Waals surface area contributed by atoms with Crippen molar-refractivity contribution in [3.8, 4) is 5.75 Å². The summed E-state index contributed by atoms with van der Waals surface area (Å²) >= 11 is 5.87. The van der Waals surface area contributed by atoms with E-state index in [9.17, 15) is 4.79 Å². The fourth-order valence-corrected chi connectivity index (χ4v) is 1.53. The van der Waals surface area contributed by atoms with Crippen molar-refractivity contribution in [2.45, 2.75) is 19.4 Å². The third kappa shape index (κ3) is 4.63. The van der Waals surface area contributed by atoms with Crippen molar-refractivity contribution in [2.24, 2.45) is 5.73 Å². The van der Waals surface area contributed by atoms with Crippen LogP contribution in [0.15, 0.2) is 18.2 Å². The summed E-state index contributed by atoms with van der Waals surface area (Å²) in [4.78, 5) is 11.0. The minimum Gasteiger partial charge on any atom is -0.493 e. The standard InChI is InChI=1S/C12H17ClN2O2/c1-15-12(16)3-2-6-17-11-7-10(13)5-4-9(11)8-14/h4-5,7H,2-3,6,8,14H2,1H3,(H,15,16). The highest BCUT2D eigenvalue weighted by molar-refractivity contribution is 6.30. The number of benzene rings is 1. The van der Waals surface area contributed by atoms with Crippen LogP contribution in [-0.4, -0.2) is 19.6 Å². The molecule has 1 rings (SSSR count). The fourth-order valence-electron chi connectivity index (χ4n) is 1.37. The summed E-state index contributed by atoms with van der Waals surface area (Å²) in [5.41, 5.74) is 6.50. The Balaban J connectivity index is 2.45. The van der Waals surface area contributed by atoms with Crippen LogP contribution >= 0.6 is 11.6 Å². The largest absolute Gasteiger partial charge is 0.493 e. The highest BCUT2D eigenvalue weighted by Gasteiger charge is 2.04. The van der Waals surface area contributed by atoms with Crippen LogP contribution in [0.1, 0.15) is 18.4 Å². The Bertz CT molecular complexity index is 383. The minimum absolute atomic E-state index is 0.0127. The first-order valence-electron chi connectivity index (χ1n) is 5.49. The number of rotatable bonds is 6. The van der Waals surface area contributed by atoms with Gasteiger partial charge in [0.2, 0.25) is 5.91 Å². The Kier molecular flexibility index (Phi) is 5.80. The van der Waals surface area contributed by atoms with E-state index in [2.05, 4.69) is 5.32 Å². The molecule has 0 aliphatic heterocycles. The normalized spacial score (nSPS) is 10.1. The maximum absolute atomic E-state index is 11.0. The van der Waals surface area contributed by atoms with Crippen LogP contribution in [0.4, 0.5) is 0 Å². The first-order chi connectivity index (χ1) is 8.17. The molecular weight excluding hydrogens is 240 g/mol. The van der Waals surface area contributed by atoms with Crippen molar-refractivity contribution in [3.63, 3.8) is 0 Å². The minimum atomic E-state index is 0.0127. The highest BCUT2D eigenvalue weighted by Crippen LogP contribution is 2.23. The Morgan fingerprint density at radius 2 is 2.29 bits per heavy atom. The van der Waals surface area contributed by atoms with Crippen LogP contribution in [-0.2, 0) is 11.3 Å². The number of hydrogen-bond acceptors (Lipinski definition) is 3. The molecule has 0 spiro atoms. The average molecular weight is 257 g/mol. The smallest absolute Gasteiger partial charge is 0.219 e. The van der Waals surface area contributed by atoms with Gasteiger partial charge < -0.3 is 15.8 Å². The van der Waals surface area contributed by atoms with Crippen LogP contribution in [0.25, 0.3) is 0 Å². The van der Waals surface area contributed by atoms with E-state index in [1.165, 1.54) is 0 Å². The summed E-state index contributed by atoms with van der Waals surface area (Å²) in [5.74, 6) is 0.704. The molecule has 5 heteroatoms. The van der Waals surface area contributed by atoms with Gasteiger partial charge in [-0.1, -0.05) is 17.7 Å². The average Bonchev–Trinajstić information content (AvgIpc) is 2.34. The summed E-state index contributed by atoms with van der Waals surface area (Å²) in [6, 6.07) is 5.36. The summed E-state index contributed by atoms with van der Waals surface area (Å²) in [6.45, 7) is 0.878. The molecule has 1 aromatic rings. The maximum Gasteiger partial charge on any atom is 0.219 e. The van der Waals surface area contributed by atoms with Crippen molar-refractivity contribution in [1.29, 1.82) is 0 Å². The first kappa shape index (κ1) is 13.8. The van der Waals surface area contributed by atoms with E-state index in [0.29, 0.717) is 36.8 Å². The second kappa shape index (κ2) is 7.14. The second-order valence-electron chi connectivity index (χ2n) is 3.58. The van der Waals surface area contributed by atoms with Crippen LogP contribution in [0, 0.1) is 0 Å². The van der Waals surface area contributed by atoms with Crippen LogP contribution in [0.2, 0.25) is 5.02 Å². The predicted octanol–water partition coefficient (Wildman–Crippen LogP) is 1.70. The number of nitrogens with one attached hydrogen (secondary N) is 1. The predicted molar refractivity (Wildman–Crippen MR) is 68.1 cm³/mol. The molecule has 0 fully saturated rings. The summed E-state index contributed by atoms with van der Waals surface area (Å²) in [7, 11) is 1.62. The van der Waals surface area contributed by atoms with Crippen molar-refractivity contribution < 1.29 is 9.53 Å². The van der Waals surface area contributed by atoms with Gasteiger partial charge in [-0.05, 0) is 18.6 Å². The molecule has 1 aromatic carbocycles. The van der Waals surface area contributed by atoms with Gasteiger partial charge in [-0.3, -0.25) is 4.79 Å². The SMILES string of the molecule is CNC(=O)CCCOc1cc(Cl)ccc1CN. The molecule has 0 saturated carbocycles. The zero-order valence-electron chi connectivity index (χ0n) is 9.83. The Labute approximate surface area is 106 Å². The lowest BCUT2D eigenvalue weighted by Gasteiger charge is -2.10. The molecule has 0 aromatic heterocycles. The van der Waals surface area contributed by atoms with Gasteiger partial charge in [0.25, 0.3) is 0 Å². The second-order valence-corrected chi connectivity index (χ2v) is 4.02. The molecule has 0 bridgehead atoms. The number of halogens is 1. The van der Waals surface area contributed by atoms with E-state index in [1.54, 1.807) is 19.2 Å². The first-order valence-corrected chi connectivity index (χ1v) is 5.87. The molecule has 1 amide bonds. The van der Waals surface area contributed by atoms with Crippen molar-refractivity contribution in [1.82, 2.24) is 5.32 Å². The zero-order chi connectivity index (χ0) is 12.7. The third-order valence-electron chi connectivity index (χ3n) is 2.33. The Morgan fingerprint density at radius 3 is 2.94 bits per heavy atom. The van der Waals surface area contributed by atoms with E-state index in [-0.39, 0.29) is 5.91 Å². The van der Waals surface area contributed by atoms with Gasteiger partial charge in [0.15, 0.2) is 0 Å². The number of ether oxygens (including phenoxy) is 1. The maximum atomic E-state index is 11.0. The van der Waals surface area contributed by atoms with Crippen molar-refractivity contribution in [2.75, 3.05) is 13.7 Å². The fraction of sp³-hybridized carbons (Fsp3) is 0.417. The number of hydrogen-bond donors (Lipinski definition) is 2. The molecule has 3 N–H and O–H groups in total. The molecular formula is C12H17ClN2O2. The van der Waals surface area contributed by atoms with Crippen molar-refractivity contribution >= 4 is 17.5 Å². The number of carbonyl (C=O) groups excluding carboxylic acids is 1. The lowest BCUT2D eigenvalue weighted by Crippen LogP contribution is -2.18. The molecule has 0 heterocycles. The lowest BCUT2D eigenvalue weighted by molar-refractivity contribution is -0.120. The van der Waals surface area contributed by atoms with Gasteiger partial charge in [0, 0.05) is 30.6 Å². The van der Waals surface area contributed by atoms with Gasteiger partial charge in [-0.25, -0.2) is 0 Å². The number of amides is 1. The van der Waals surface area contributed by atoms with E-state index >= 15 is 0 Å². The zero-order valence-corrected chi connectivity index (χ0v) is 10.6. The van der Waals surface area contributed by atoms with E-state index in [0.717, 1.165) is 5.56 Å². The molecule has 0 radical (unpaired) electrons. The number of nitrogens with two attached hydrogens (primary N) is 1. The highest BCUT2D eigenvalue weighted by atomic mass is 35.5. The van der Waals surface area contributed by atoms with E-state index < -0.39 is 0 Å². The van der Waals surface area contributed by atoms with Crippen LogP contribution in [0.3, 0.4) is 0 Å². The molecule has 0 atom stereocenters. The molecule has 0 unspecified atom stereocenters. The van der Waals surface area contributed by atoms with E-state index in [1.807, 2.05) is 6.07 Å². The molecule has 4 nitrogen and oxygen atoms in total. The van der Waals surface area contributed by atoms with Gasteiger partial charge in [-0.15, -0.1) is 0 Å². The van der Waals surface area contributed by atoms with Gasteiger partial charge in [-0.2, -0.15) is 0 Å². The summed E-state index contributed by atoms with van der Waals surface area (Å²) in [5, 5.41) is 3.17. The van der Waals surface area contributed by atoms with E-state index in [4.69, 9.17) is 22.1 Å². The molecule has 17 heavy (non-hydrogen) atoms. The molecule has 0 aliphatic rings. The molecule has 0 saturated heterocycles. The third-order valence-corrected chi connectivity index (χ3v) is 2.57. The van der Waals surface area contributed by atoms with Crippen molar-refractivity contribution in [3.05, 3.63) is 28.8 Å². The monoisotopic (exact) mass is 256 g/mol. The Hall–Kier alpha value is -1.26. The quantitative estimate of drug-likeness (QED) is 0.762. The molecule has 0 aliphatic carbocycles. The van der Waals surface area contributed by atoms with Gasteiger partial charge in [0.1, 0.15) is 5.75 Å². The lowest BCUT2D eigenvalue weighted by atomic mass is 10.2. The number of carbonyl (C=O) groups is 1. The Morgan fingerprint density at radius 1 is 1.53 bits per heavy atom.